The lowest BCUT2D eigenvalue weighted by atomic mass is 10.1. The van der Waals surface area contributed by atoms with Gasteiger partial charge in [0, 0.05) is 35.9 Å². The van der Waals surface area contributed by atoms with Crippen LogP contribution in [0.2, 0.25) is 0 Å². The third-order valence-electron chi connectivity index (χ3n) is 4.40. The molecule has 1 aliphatic rings. The van der Waals surface area contributed by atoms with Crippen molar-refractivity contribution in [3.8, 4) is 0 Å². The molecule has 118 valence electrons. The molecule has 0 unspecified atom stereocenters. The van der Waals surface area contributed by atoms with Crippen LogP contribution < -0.4 is 9.80 Å². The normalized spacial score (nSPS) is 13.9. The SMILES string of the molecule is Cc1ccc2c(n1)oc1c(N3CN(C)c4nccnc43)cccc12. The van der Waals surface area contributed by atoms with E-state index in [0.717, 1.165) is 39.4 Å². The third-order valence-corrected chi connectivity index (χ3v) is 4.40. The highest BCUT2D eigenvalue weighted by molar-refractivity contribution is 6.08. The summed E-state index contributed by atoms with van der Waals surface area (Å²) in [6.07, 6.45) is 3.43. The molecule has 0 N–H and O–H groups in total. The monoisotopic (exact) mass is 317 g/mol. The number of pyridine rings is 1. The molecule has 0 spiro atoms. The standard InChI is InChI=1S/C18H15N5O/c1-11-6-7-13-12-4-3-5-14(15(12)24-18(13)21-11)23-10-22(2)16-17(23)20-9-8-19-16/h3-9H,10H2,1-2H3. The minimum atomic E-state index is 0.671. The molecule has 0 aliphatic carbocycles. The Labute approximate surface area is 138 Å². The minimum Gasteiger partial charge on any atom is -0.435 e. The topological polar surface area (TPSA) is 58.3 Å². The molecule has 0 bridgehead atoms. The van der Waals surface area contributed by atoms with E-state index in [2.05, 4.69) is 43.0 Å². The van der Waals surface area contributed by atoms with E-state index < -0.39 is 0 Å². The Morgan fingerprint density at radius 1 is 1.00 bits per heavy atom. The quantitative estimate of drug-likeness (QED) is 0.534. The summed E-state index contributed by atoms with van der Waals surface area (Å²) in [5, 5.41) is 2.10. The first-order valence-electron chi connectivity index (χ1n) is 7.81. The van der Waals surface area contributed by atoms with Gasteiger partial charge in [-0.3, -0.25) is 0 Å². The molecule has 6 heteroatoms. The second kappa shape index (κ2) is 4.67. The number of rotatable bonds is 1. The average molecular weight is 317 g/mol. The van der Waals surface area contributed by atoms with Gasteiger partial charge >= 0.3 is 0 Å². The van der Waals surface area contributed by atoms with Crippen molar-refractivity contribution < 1.29 is 4.42 Å². The molecule has 4 aromatic rings. The van der Waals surface area contributed by atoms with Crippen molar-refractivity contribution in [3.05, 3.63) is 48.4 Å². The summed E-state index contributed by atoms with van der Waals surface area (Å²) in [6.45, 7) is 2.65. The summed E-state index contributed by atoms with van der Waals surface area (Å²) in [7, 11) is 2.01. The van der Waals surface area contributed by atoms with Crippen LogP contribution in [0.1, 0.15) is 5.69 Å². The average Bonchev–Trinajstić information content (AvgIpc) is 3.12. The molecule has 0 atom stereocenters. The molecular weight excluding hydrogens is 302 g/mol. The van der Waals surface area contributed by atoms with Crippen LogP contribution in [0, 0.1) is 6.92 Å². The molecule has 0 saturated carbocycles. The zero-order chi connectivity index (χ0) is 16.3. The number of aryl methyl sites for hydroxylation is 1. The summed E-state index contributed by atoms with van der Waals surface area (Å²) in [5.74, 6) is 1.72. The van der Waals surface area contributed by atoms with Crippen LogP contribution in [0.25, 0.3) is 22.1 Å². The first-order valence-corrected chi connectivity index (χ1v) is 7.81. The van der Waals surface area contributed by atoms with Gasteiger partial charge < -0.3 is 14.2 Å². The van der Waals surface area contributed by atoms with Gasteiger partial charge in [0.2, 0.25) is 5.71 Å². The van der Waals surface area contributed by atoms with Gasteiger partial charge in [0.1, 0.15) is 0 Å². The van der Waals surface area contributed by atoms with Crippen molar-refractivity contribution in [2.75, 3.05) is 23.5 Å². The van der Waals surface area contributed by atoms with Crippen molar-refractivity contribution in [2.45, 2.75) is 6.92 Å². The van der Waals surface area contributed by atoms with E-state index in [1.54, 1.807) is 12.4 Å². The maximum Gasteiger partial charge on any atom is 0.227 e. The Bertz CT molecular complexity index is 1090. The number of para-hydroxylation sites is 1. The van der Waals surface area contributed by atoms with E-state index in [-0.39, 0.29) is 0 Å². The second-order valence-corrected chi connectivity index (χ2v) is 6.03. The molecule has 0 radical (unpaired) electrons. The van der Waals surface area contributed by atoms with Gasteiger partial charge in [-0.15, -0.1) is 0 Å². The number of furan rings is 1. The van der Waals surface area contributed by atoms with E-state index in [9.17, 15) is 0 Å². The minimum absolute atomic E-state index is 0.671. The zero-order valence-corrected chi connectivity index (χ0v) is 13.4. The van der Waals surface area contributed by atoms with Crippen LogP contribution in [0.15, 0.2) is 47.1 Å². The largest absolute Gasteiger partial charge is 0.435 e. The number of hydrogen-bond donors (Lipinski definition) is 0. The van der Waals surface area contributed by atoms with Crippen molar-refractivity contribution in [1.29, 1.82) is 0 Å². The molecule has 0 fully saturated rings. The summed E-state index contributed by atoms with van der Waals surface area (Å²) in [5.41, 5.74) is 3.43. The smallest absolute Gasteiger partial charge is 0.227 e. The van der Waals surface area contributed by atoms with Crippen LogP contribution in [0.3, 0.4) is 0 Å². The number of nitrogens with zero attached hydrogens (tertiary/aromatic N) is 5. The van der Waals surface area contributed by atoms with E-state index in [0.29, 0.717) is 12.4 Å². The maximum atomic E-state index is 6.11. The summed E-state index contributed by atoms with van der Waals surface area (Å²) >= 11 is 0. The molecule has 4 heterocycles. The molecule has 6 nitrogen and oxygen atoms in total. The fourth-order valence-corrected chi connectivity index (χ4v) is 3.29. The molecule has 5 rings (SSSR count). The Balaban J connectivity index is 1.78. The van der Waals surface area contributed by atoms with Crippen molar-refractivity contribution in [1.82, 2.24) is 15.0 Å². The Morgan fingerprint density at radius 3 is 2.71 bits per heavy atom. The lowest BCUT2D eigenvalue weighted by Crippen LogP contribution is -2.24. The van der Waals surface area contributed by atoms with Gasteiger partial charge in [-0.1, -0.05) is 12.1 Å². The summed E-state index contributed by atoms with van der Waals surface area (Å²) in [4.78, 5) is 17.7. The third kappa shape index (κ3) is 1.73. The van der Waals surface area contributed by atoms with E-state index in [1.165, 1.54) is 0 Å². The van der Waals surface area contributed by atoms with Gasteiger partial charge in [-0.05, 0) is 25.1 Å². The first kappa shape index (κ1) is 13.3. The fraction of sp³-hybridized carbons (Fsp3) is 0.167. The molecule has 24 heavy (non-hydrogen) atoms. The first-order chi connectivity index (χ1) is 11.7. The Hall–Kier alpha value is -3.15. The maximum absolute atomic E-state index is 6.11. The summed E-state index contributed by atoms with van der Waals surface area (Å²) in [6, 6.07) is 10.2. The number of aromatic nitrogens is 3. The highest BCUT2D eigenvalue weighted by atomic mass is 16.3. The van der Waals surface area contributed by atoms with Crippen LogP contribution in [0.4, 0.5) is 17.3 Å². The number of fused-ring (bicyclic) bond motifs is 4. The highest BCUT2D eigenvalue weighted by Crippen LogP contribution is 2.41. The van der Waals surface area contributed by atoms with E-state index in [1.807, 2.05) is 26.1 Å². The lowest BCUT2D eigenvalue weighted by Gasteiger charge is -2.18. The molecule has 1 aromatic carbocycles. The Morgan fingerprint density at radius 2 is 1.83 bits per heavy atom. The predicted molar refractivity (Wildman–Crippen MR) is 93.7 cm³/mol. The second-order valence-electron chi connectivity index (χ2n) is 6.03. The highest BCUT2D eigenvalue weighted by Gasteiger charge is 2.29. The van der Waals surface area contributed by atoms with Crippen LogP contribution in [0.5, 0.6) is 0 Å². The lowest BCUT2D eigenvalue weighted by molar-refractivity contribution is 0.651. The zero-order valence-electron chi connectivity index (χ0n) is 13.4. The van der Waals surface area contributed by atoms with E-state index >= 15 is 0 Å². The van der Waals surface area contributed by atoms with Gasteiger partial charge in [0.25, 0.3) is 0 Å². The van der Waals surface area contributed by atoms with Crippen LogP contribution >= 0.6 is 0 Å². The fourth-order valence-electron chi connectivity index (χ4n) is 3.29. The molecule has 0 amide bonds. The molecular formula is C18H15N5O. The van der Waals surface area contributed by atoms with Crippen molar-refractivity contribution >= 4 is 39.4 Å². The molecule has 1 aliphatic heterocycles. The van der Waals surface area contributed by atoms with Gasteiger partial charge in [0.05, 0.1) is 12.4 Å². The van der Waals surface area contributed by atoms with Gasteiger partial charge in [-0.25, -0.2) is 15.0 Å². The van der Waals surface area contributed by atoms with Gasteiger partial charge in [-0.2, -0.15) is 0 Å². The Kier molecular flexibility index (Phi) is 2.59. The molecule has 3 aromatic heterocycles. The van der Waals surface area contributed by atoms with Crippen LogP contribution in [-0.4, -0.2) is 28.7 Å². The number of benzene rings is 1. The number of anilines is 3. The molecule has 0 saturated heterocycles. The van der Waals surface area contributed by atoms with Gasteiger partial charge in [0.15, 0.2) is 17.2 Å². The van der Waals surface area contributed by atoms with Crippen molar-refractivity contribution in [2.24, 2.45) is 0 Å². The van der Waals surface area contributed by atoms with E-state index in [4.69, 9.17) is 4.42 Å². The summed E-state index contributed by atoms with van der Waals surface area (Å²) < 4.78 is 6.11. The van der Waals surface area contributed by atoms with Crippen molar-refractivity contribution in [3.63, 3.8) is 0 Å². The van der Waals surface area contributed by atoms with Crippen LogP contribution in [-0.2, 0) is 0 Å². The number of hydrogen-bond acceptors (Lipinski definition) is 6. The predicted octanol–water partition coefficient (Wildman–Crippen LogP) is 3.62.